The largest absolute Gasteiger partial charge is 0.411 e. The number of allylic oxidation sites excluding steroid dienone is 3. The summed E-state index contributed by atoms with van der Waals surface area (Å²) in [6, 6.07) is 4.12. The van der Waals surface area contributed by atoms with Gasteiger partial charge in [0.1, 0.15) is 0 Å². The predicted molar refractivity (Wildman–Crippen MR) is 242 cm³/mol. The van der Waals surface area contributed by atoms with Gasteiger partial charge >= 0.3 is 0 Å². The van der Waals surface area contributed by atoms with Crippen LogP contribution in [0.2, 0.25) is 54.4 Å². The van der Waals surface area contributed by atoms with Crippen LogP contribution in [0.3, 0.4) is 0 Å². The van der Waals surface area contributed by atoms with Crippen LogP contribution < -0.4 is 0 Å². The fraction of sp³-hybridized carbons (Fsp3) is 0.826. The van der Waals surface area contributed by atoms with Crippen molar-refractivity contribution < 1.29 is 18.4 Å². The molecule has 0 bridgehead atoms. The summed E-state index contributed by atoms with van der Waals surface area (Å²) in [6.07, 6.45) is 16.2. The summed E-state index contributed by atoms with van der Waals surface area (Å²) in [6.45, 7) is 40.8. The van der Waals surface area contributed by atoms with E-state index in [4.69, 9.17) is 13.3 Å². The van der Waals surface area contributed by atoms with E-state index < -0.39 is 25.0 Å². The van der Waals surface area contributed by atoms with E-state index in [1.54, 1.807) is 16.9 Å². The molecule has 1 N–H and O–H groups in total. The van der Waals surface area contributed by atoms with E-state index >= 15 is 0 Å². The zero-order valence-electron chi connectivity index (χ0n) is 38.1. The molecule has 8 heteroatoms. The van der Waals surface area contributed by atoms with Crippen molar-refractivity contribution in [1.29, 1.82) is 0 Å². The summed E-state index contributed by atoms with van der Waals surface area (Å²) >= 11 is 1.68. The first-order valence-corrected chi connectivity index (χ1v) is 31.3. The van der Waals surface area contributed by atoms with Gasteiger partial charge in [-0.3, -0.25) is 0 Å². The summed E-state index contributed by atoms with van der Waals surface area (Å²) in [5, 5.41) is 13.1. The van der Waals surface area contributed by atoms with Gasteiger partial charge in [-0.15, -0.1) is 11.3 Å². The maximum atomic E-state index is 10.7. The Bertz CT molecular complexity index is 1390. The van der Waals surface area contributed by atoms with Crippen LogP contribution in [0.5, 0.6) is 0 Å². The van der Waals surface area contributed by atoms with Gasteiger partial charge in [-0.2, -0.15) is 0 Å². The van der Waals surface area contributed by atoms with E-state index in [0.29, 0.717) is 17.3 Å². The van der Waals surface area contributed by atoms with E-state index in [1.165, 1.54) is 44.1 Å². The van der Waals surface area contributed by atoms with Gasteiger partial charge in [0.25, 0.3) is 0 Å². The van der Waals surface area contributed by atoms with Gasteiger partial charge in [-0.05, 0) is 140 Å². The lowest BCUT2D eigenvalue weighted by Crippen LogP contribution is -2.59. The summed E-state index contributed by atoms with van der Waals surface area (Å²) < 4.78 is 22.4. The third kappa shape index (κ3) is 10.6. The van der Waals surface area contributed by atoms with Crippen molar-refractivity contribution in [2.24, 2.45) is 23.2 Å². The Kier molecular flexibility index (Phi) is 14.7. The van der Waals surface area contributed by atoms with E-state index in [0.717, 1.165) is 36.5 Å². The van der Waals surface area contributed by atoms with E-state index in [9.17, 15) is 5.11 Å². The molecule has 3 aliphatic rings. The normalized spacial score (nSPS) is 29.7. The highest BCUT2D eigenvalue weighted by molar-refractivity contribution is 7.10. The van der Waals surface area contributed by atoms with Gasteiger partial charge in [0, 0.05) is 4.88 Å². The maximum Gasteiger partial charge on any atom is 0.192 e. The Morgan fingerprint density at radius 2 is 1.35 bits per heavy atom. The topological polar surface area (TPSA) is 47.9 Å². The molecule has 0 radical (unpaired) electrons. The van der Waals surface area contributed by atoms with Crippen LogP contribution in [-0.2, 0) is 13.3 Å². The summed E-state index contributed by atoms with van der Waals surface area (Å²) in [5.74, 6) is 2.11. The molecule has 54 heavy (non-hydrogen) atoms. The second-order valence-electron chi connectivity index (χ2n) is 22.7. The van der Waals surface area contributed by atoms with Crippen LogP contribution >= 0.6 is 11.3 Å². The van der Waals surface area contributed by atoms with Gasteiger partial charge < -0.3 is 18.4 Å². The number of thiophene rings is 1. The number of rotatable bonds is 13. The second kappa shape index (κ2) is 17.1. The molecule has 4 nitrogen and oxygen atoms in total. The molecule has 3 aliphatic carbocycles. The SMILES string of the molecule is C[C@H](CCCC(O)c1cccs1)[C@H]1CC[C@H]2/C(=C/C=C3C[C@@H](O[Si](C)(C)C(C)(C)C)C(O[Si](C)(C)C(C)(C)C)[C@H](O[Si](C)(C)C(C)(C)C)C3)CCC[C@]12C. The molecule has 0 aromatic carbocycles. The first-order valence-electron chi connectivity index (χ1n) is 21.7. The zero-order valence-corrected chi connectivity index (χ0v) is 41.9. The minimum absolute atomic E-state index is 0.0140. The van der Waals surface area contributed by atoms with Crippen molar-refractivity contribution in [1.82, 2.24) is 0 Å². The molecule has 310 valence electrons. The molecule has 3 saturated carbocycles. The molecule has 0 saturated heterocycles. The molecule has 1 heterocycles. The molecule has 0 amide bonds. The average Bonchev–Trinajstić information content (AvgIpc) is 3.68. The van der Waals surface area contributed by atoms with Crippen LogP contribution in [0.1, 0.15) is 151 Å². The highest BCUT2D eigenvalue weighted by Gasteiger charge is 2.52. The molecule has 7 atom stereocenters. The molecule has 0 aliphatic heterocycles. The second-order valence-corrected chi connectivity index (χ2v) is 37.9. The van der Waals surface area contributed by atoms with Gasteiger partial charge in [0.2, 0.25) is 0 Å². The first-order chi connectivity index (χ1) is 24.6. The Morgan fingerprint density at radius 3 is 1.85 bits per heavy atom. The summed E-state index contributed by atoms with van der Waals surface area (Å²) in [7, 11) is -6.34. The van der Waals surface area contributed by atoms with Gasteiger partial charge in [0.05, 0.1) is 24.4 Å². The number of hydrogen-bond acceptors (Lipinski definition) is 5. The Hall–Kier alpha value is -0.329. The lowest BCUT2D eigenvalue weighted by molar-refractivity contribution is -0.0527. The zero-order chi connectivity index (χ0) is 40.7. The van der Waals surface area contributed by atoms with Crippen LogP contribution in [0.15, 0.2) is 40.8 Å². The van der Waals surface area contributed by atoms with Crippen molar-refractivity contribution >= 4 is 36.3 Å². The molecule has 0 spiro atoms. The minimum Gasteiger partial charge on any atom is -0.411 e. The highest BCUT2D eigenvalue weighted by atomic mass is 32.1. The van der Waals surface area contributed by atoms with E-state index in [1.807, 2.05) is 6.07 Å². The maximum absolute atomic E-state index is 10.7. The van der Waals surface area contributed by atoms with Crippen molar-refractivity contribution in [2.45, 2.75) is 219 Å². The fourth-order valence-electron chi connectivity index (χ4n) is 9.10. The van der Waals surface area contributed by atoms with Gasteiger partial charge in [-0.25, -0.2) is 0 Å². The molecule has 4 rings (SSSR count). The summed E-state index contributed by atoms with van der Waals surface area (Å²) in [4.78, 5) is 1.11. The third-order valence-electron chi connectivity index (χ3n) is 15.7. The Labute approximate surface area is 341 Å². The highest BCUT2D eigenvalue weighted by Crippen LogP contribution is 2.60. The van der Waals surface area contributed by atoms with Crippen LogP contribution in [0, 0.1) is 23.2 Å². The number of aliphatic hydroxyl groups is 1. The van der Waals surface area contributed by atoms with Crippen molar-refractivity contribution in [3.8, 4) is 0 Å². The fourth-order valence-corrected chi connectivity index (χ4v) is 13.8. The number of hydrogen-bond donors (Lipinski definition) is 1. The minimum atomic E-state index is -2.12. The van der Waals surface area contributed by atoms with E-state index in [-0.39, 0.29) is 39.5 Å². The quantitative estimate of drug-likeness (QED) is 0.202. The molecular formula is C46H84O4SSi3. The Balaban J connectivity index is 1.62. The standard InChI is InChI=1S/C46H84O4SSi3/c1-33(21-18-23-38(47)41-24-20-30-51-41)36-27-28-37-35(22-19-29-46(36,37)11)26-25-34-31-39(48-52(12,13)43(2,3)4)42(50-54(16,17)45(8,9)10)40(32-34)49-53(14,15)44(5,6)7/h20,24-26,30,33,36-40,42,47H,18-19,21-23,27-29,31-32H2,1-17H3/b34-25?,35-26+/t33-,36-,37+,38?,39-,40-,42?,46-/m1/s1. The van der Waals surface area contributed by atoms with Crippen molar-refractivity contribution in [3.05, 3.63) is 45.7 Å². The third-order valence-corrected chi connectivity index (χ3v) is 30.1. The monoisotopic (exact) mass is 817 g/mol. The smallest absolute Gasteiger partial charge is 0.192 e. The van der Waals surface area contributed by atoms with Gasteiger partial charge in [-0.1, -0.05) is 118 Å². The van der Waals surface area contributed by atoms with Crippen LogP contribution in [0.4, 0.5) is 0 Å². The number of aliphatic hydroxyl groups excluding tert-OH is 1. The van der Waals surface area contributed by atoms with E-state index in [2.05, 4.69) is 139 Å². The molecular weight excluding hydrogens is 733 g/mol. The van der Waals surface area contributed by atoms with Gasteiger partial charge in [0.15, 0.2) is 25.0 Å². The molecule has 1 aromatic rings. The first kappa shape index (κ1) is 46.4. The number of fused-ring (bicyclic) bond motifs is 1. The Morgan fingerprint density at radius 1 is 0.815 bits per heavy atom. The lowest BCUT2D eigenvalue weighted by Gasteiger charge is -2.51. The predicted octanol–water partition coefficient (Wildman–Crippen LogP) is 14.6. The average molecular weight is 817 g/mol. The molecule has 1 aromatic heterocycles. The lowest BCUT2D eigenvalue weighted by atomic mass is 9.60. The molecule has 3 fully saturated rings. The van der Waals surface area contributed by atoms with Crippen molar-refractivity contribution in [2.75, 3.05) is 0 Å². The van der Waals surface area contributed by atoms with Crippen molar-refractivity contribution in [3.63, 3.8) is 0 Å². The van der Waals surface area contributed by atoms with Crippen LogP contribution in [0.25, 0.3) is 0 Å². The van der Waals surface area contributed by atoms with Crippen LogP contribution in [-0.4, -0.2) is 48.4 Å². The summed E-state index contributed by atoms with van der Waals surface area (Å²) in [5.41, 5.74) is 3.53. The molecule has 1 unspecified atom stereocenters.